The van der Waals surface area contributed by atoms with Crippen LogP contribution in [0.3, 0.4) is 0 Å². The van der Waals surface area contributed by atoms with Crippen molar-refractivity contribution in [3.8, 4) is 5.75 Å². The molecule has 1 N–H and O–H groups in total. The SMILES string of the molecule is Oc1ccccc1C=CCCS. The van der Waals surface area contributed by atoms with Crippen LogP contribution in [0.1, 0.15) is 12.0 Å². The van der Waals surface area contributed by atoms with Crippen LogP contribution in [-0.4, -0.2) is 10.9 Å². The number of para-hydroxylation sites is 1. The highest BCUT2D eigenvalue weighted by Crippen LogP contribution is 2.16. The van der Waals surface area contributed by atoms with E-state index in [-0.39, 0.29) is 0 Å². The van der Waals surface area contributed by atoms with Crippen molar-refractivity contribution in [3.63, 3.8) is 0 Å². The molecule has 2 heteroatoms. The number of allylic oxidation sites excluding steroid dienone is 1. The highest BCUT2D eigenvalue weighted by molar-refractivity contribution is 7.80. The predicted molar refractivity (Wildman–Crippen MR) is 55.6 cm³/mol. The summed E-state index contributed by atoms with van der Waals surface area (Å²) in [6.45, 7) is 0. The summed E-state index contributed by atoms with van der Waals surface area (Å²) in [5.74, 6) is 1.16. The summed E-state index contributed by atoms with van der Waals surface area (Å²) in [5, 5.41) is 9.34. The van der Waals surface area contributed by atoms with Crippen molar-refractivity contribution in [3.05, 3.63) is 35.9 Å². The Balaban J connectivity index is 2.68. The molecule has 1 aromatic rings. The summed E-state index contributed by atoms with van der Waals surface area (Å²) in [6, 6.07) is 7.27. The second kappa shape index (κ2) is 4.88. The Morgan fingerprint density at radius 1 is 1.33 bits per heavy atom. The average molecular weight is 180 g/mol. The number of hydrogen-bond donors (Lipinski definition) is 2. The van der Waals surface area contributed by atoms with Crippen molar-refractivity contribution in [2.45, 2.75) is 6.42 Å². The Hall–Kier alpha value is -0.890. The van der Waals surface area contributed by atoms with E-state index in [4.69, 9.17) is 0 Å². The molecule has 0 heterocycles. The van der Waals surface area contributed by atoms with Gasteiger partial charge in [-0.1, -0.05) is 30.4 Å². The minimum Gasteiger partial charge on any atom is -0.507 e. The number of rotatable bonds is 3. The number of aromatic hydroxyl groups is 1. The van der Waals surface area contributed by atoms with E-state index in [1.165, 1.54) is 0 Å². The predicted octanol–water partition coefficient (Wildman–Crippen LogP) is 2.73. The Morgan fingerprint density at radius 3 is 2.75 bits per heavy atom. The van der Waals surface area contributed by atoms with E-state index < -0.39 is 0 Å². The molecule has 0 unspecified atom stereocenters. The summed E-state index contributed by atoms with van der Waals surface area (Å²) in [5.41, 5.74) is 0.860. The highest BCUT2D eigenvalue weighted by atomic mass is 32.1. The van der Waals surface area contributed by atoms with Gasteiger partial charge in [-0.25, -0.2) is 0 Å². The van der Waals surface area contributed by atoms with E-state index in [9.17, 15) is 5.11 Å². The van der Waals surface area contributed by atoms with E-state index in [1.54, 1.807) is 6.07 Å². The second-order valence-corrected chi connectivity index (χ2v) is 2.92. The topological polar surface area (TPSA) is 20.2 Å². The van der Waals surface area contributed by atoms with Gasteiger partial charge in [-0.3, -0.25) is 0 Å². The van der Waals surface area contributed by atoms with E-state index in [0.717, 1.165) is 17.7 Å². The number of phenolic OH excluding ortho intramolecular Hbond substituents is 1. The third-order valence-corrected chi connectivity index (χ3v) is 1.79. The van der Waals surface area contributed by atoms with E-state index in [0.29, 0.717) is 5.75 Å². The molecule has 0 amide bonds. The van der Waals surface area contributed by atoms with Crippen LogP contribution >= 0.6 is 12.6 Å². The molecule has 0 aromatic heterocycles. The third kappa shape index (κ3) is 2.62. The van der Waals surface area contributed by atoms with Crippen molar-refractivity contribution in [2.75, 3.05) is 5.75 Å². The molecule has 0 aliphatic heterocycles. The Morgan fingerprint density at radius 2 is 2.08 bits per heavy atom. The normalized spacial score (nSPS) is 10.8. The lowest BCUT2D eigenvalue weighted by molar-refractivity contribution is 0.474. The number of thiol groups is 1. The first-order chi connectivity index (χ1) is 5.84. The van der Waals surface area contributed by atoms with Gasteiger partial charge in [0.15, 0.2) is 0 Å². The molecule has 0 fully saturated rings. The first kappa shape index (κ1) is 9.20. The van der Waals surface area contributed by atoms with Crippen LogP contribution in [0.15, 0.2) is 30.3 Å². The smallest absolute Gasteiger partial charge is 0.122 e. The van der Waals surface area contributed by atoms with E-state index in [2.05, 4.69) is 12.6 Å². The van der Waals surface area contributed by atoms with Crippen molar-refractivity contribution in [1.82, 2.24) is 0 Å². The van der Waals surface area contributed by atoms with Crippen molar-refractivity contribution >= 4 is 18.7 Å². The monoisotopic (exact) mass is 180 g/mol. The van der Waals surface area contributed by atoms with Crippen LogP contribution in [0.4, 0.5) is 0 Å². The summed E-state index contributed by atoms with van der Waals surface area (Å²) in [6.07, 6.45) is 4.84. The molecule has 0 aliphatic carbocycles. The molecule has 0 aliphatic rings. The standard InChI is InChI=1S/C10H12OS/c11-10-7-2-1-5-9(10)6-3-4-8-12/h1-3,5-7,11-12H,4,8H2. The van der Waals surface area contributed by atoms with Crippen LogP contribution in [0.2, 0.25) is 0 Å². The van der Waals surface area contributed by atoms with E-state index in [1.807, 2.05) is 30.4 Å². The molecule has 0 spiro atoms. The van der Waals surface area contributed by atoms with Gasteiger partial charge in [0, 0.05) is 5.56 Å². The van der Waals surface area contributed by atoms with Gasteiger partial charge in [-0.15, -0.1) is 0 Å². The molecular weight excluding hydrogens is 168 g/mol. The quantitative estimate of drug-likeness (QED) is 0.685. The van der Waals surface area contributed by atoms with Gasteiger partial charge in [-0.2, -0.15) is 12.6 Å². The van der Waals surface area contributed by atoms with Crippen LogP contribution < -0.4 is 0 Å². The maximum absolute atomic E-state index is 9.34. The lowest BCUT2D eigenvalue weighted by atomic mass is 10.2. The Kier molecular flexibility index (Phi) is 3.74. The van der Waals surface area contributed by atoms with Crippen molar-refractivity contribution in [2.24, 2.45) is 0 Å². The molecule has 0 saturated heterocycles. The fraction of sp³-hybridized carbons (Fsp3) is 0.200. The van der Waals surface area contributed by atoms with Gasteiger partial charge in [0.25, 0.3) is 0 Å². The average Bonchev–Trinajstić information content (AvgIpc) is 2.09. The van der Waals surface area contributed by atoms with Gasteiger partial charge < -0.3 is 5.11 Å². The molecular formula is C10H12OS. The van der Waals surface area contributed by atoms with Gasteiger partial charge in [0.2, 0.25) is 0 Å². The first-order valence-corrected chi connectivity index (χ1v) is 4.53. The Bertz CT molecular complexity index is 268. The molecule has 0 atom stereocenters. The second-order valence-electron chi connectivity index (χ2n) is 2.47. The van der Waals surface area contributed by atoms with Crippen LogP contribution in [0, 0.1) is 0 Å². The summed E-state index contributed by atoms with van der Waals surface area (Å²) in [4.78, 5) is 0. The summed E-state index contributed by atoms with van der Waals surface area (Å²) in [7, 11) is 0. The molecule has 1 rings (SSSR count). The van der Waals surface area contributed by atoms with Crippen LogP contribution in [-0.2, 0) is 0 Å². The molecule has 1 nitrogen and oxygen atoms in total. The molecule has 0 bridgehead atoms. The summed E-state index contributed by atoms with van der Waals surface area (Å²) >= 11 is 4.08. The van der Waals surface area contributed by atoms with Crippen molar-refractivity contribution < 1.29 is 5.11 Å². The van der Waals surface area contributed by atoms with Crippen LogP contribution in [0.25, 0.3) is 6.08 Å². The zero-order valence-corrected chi connectivity index (χ0v) is 7.67. The minimum absolute atomic E-state index is 0.327. The molecule has 0 radical (unpaired) electrons. The molecule has 1 aromatic carbocycles. The molecule has 0 saturated carbocycles. The van der Waals surface area contributed by atoms with Gasteiger partial charge in [0.1, 0.15) is 5.75 Å². The summed E-state index contributed by atoms with van der Waals surface area (Å²) < 4.78 is 0. The maximum atomic E-state index is 9.34. The number of hydrogen-bond acceptors (Lipinski definition) is 2. The minimum atomic E-state index is 0.327. The number of phenols is 1. The fourth-order valence-corrected chi connectivity index (χ4v) is 1.06. The zero-order chi connectivity index (χ0) is 8.81. The lowest BCUT2D eigenvalue weighted by Crippen LogP contribution is -1.73. The largest absolute Gasteiger partial charge is 0.507 e. The van der Waals surface area contributed by atoms with Crippen molar-refractivity contribution in [1.29, 1.82) is 0 Å². The van der Waals surface area contributed by atoms with Gasteiger partial charge in [0.05, 0.1) is 0 Å². The van der Waals surface area contributed by atoms with Crippen LogP contribution in [0.5, 0.6) is 5.75 Å². The van der Waals surface area contributed by atoms with Gasteiger partial charge in [-0.05, 0) is 18.2 Å². The molecule has 12 heavy (non-hydrogen) atoms. The highest BCUT2D eigenvalue weighted by Gasteiger charge is 1.91. The maximum Gasteiger partial charge on any atom is 0.122 e. The van der Waals surface area contributed by atoms with E-state index >= 15 is 0 Å². The molecule has 64 valence electrons. The zero-order valence-electron chi connectivity index (χ0n) is 6.77. The third-order valence-electron chi connectivity index (χ3n) is 1.53. The van der Waals surface area contributed by atoms with Gasteiger partial charge >= 0.3 is 0 Å². The lowest BCUT2D eigenvalue weighted by Gasteiger charge is -1.96. The fourth-order valence-electron chi connectivity index (χ4n) is 0.913. The Labute approximate surface area is 78.2 Å². The number of benzene rings is 1. The first-order valence-electron chi connectivity index (χ1n) is 3.90.